The van der Waals surface area contributed by atoms with Gasteiger partial charge in [0.2, 0.25) is 0 Å². The monoisotopic (exact) mass is 890 g/mol. The van der Waals surface area contributed by atoms with E-state index in [0.717, 1.165) is 101 Å². The molecule has 2 heterocycles. The van der Waals surface area contributed by atoms with Crippen LogP contribution in [0.25, 0.3) is 66.1 Å². The minimum atomic E-state index is -0.942. The molecular weight excluding hydrogens is 853 g/mol. The summed E-state index contributed by atoms with van der Waals surface area (Å²) < 4.78 is 63.3. The number of nitrogens with zero attached hydrogens (tertiary/aromatic N) is 4. The molecule has 326 valence electrons. The molecule has 68 heavy (non-hydrogen) atoms. The second-order valence-corrected chi connectivity index (χ2v) is 16.7. The van der Waals surface area contributed by atoms with E-state index in [1.54, 1.807) is 12.1 Å². The van der Waals surface area contributed by atoms with Crippen LogP contribution in [0.4, 0.5) is 51.7 Å². The summed E-state index contributed by atoms with van der Waals surface area (Å²) in [4.78, 5) is 3.86. The fourth-order valence-electron chi connectivity index (χ4n) is 9.66. The lowest BCUT2D eigenvalue weighted by molar-refractivity contribution is 0.509. The van der Waals surface area contributed by atoms with E-state index in [4.69, 9.17) is 0 Å². The fraction of sp³-hybridized carbons (Fsp3) is 0. The molecule has 0 bridgehead atoms. The third-order valence-electron chi connectivity index (χ3n) is 12.8. The second kappa shape index (κ2) is 16.5. The topological polar surface area (TPSA) is 16.3 Å². The van der Waals surface area contributed by atoms with Gasteiger partial charge in [-0.05, 0) is 132 Å². The Morgan fingerprint density at radius 2 is 0.574 bits per heavy atom. The summed E-state index contributed by atoms with van der Waals surface area (Å²) in [5, 5.41) is 4.16. The summed E-state index contributed by atoms with van der Waals surface area (Å²) in [6.45, 7) is 0. The lowest BCUT2D eigenvalue weighted by Crippen LogP contribution is -2.11. The van der Waals surface area contributed by atoms with E-state index in [1.807, 2.05) is 131 Å². The summed E-state index contributed by atoms with van der Waals surface area (Å²) in [6, 6.07) is 73.1. The van der Waals surface area contributed by atoms with Gasteiger partial charge in [-0.25, -0.2) is 17.6 Å². The summed E-state index contributed by atoms with van der Waals surface area (Å²) >= 11 is 0. The van der Waals surface area contributed by atoms with E-state index >= 15 is 8.78 Å². The van der Waals surface area contributed by atoms with Crippen LogP contribution < -0.4 is 9.80 Å². The van der Waals surface area contributed by atoms with E-state index in [0.29, 0.717) is 11.4 Å². The summed E-state index contributed by atoms with van der Waals surface area (Å²) in [6.07, 6.45) is 0. The molecule has 12 rings (SSSR count). The third kappa shape index (κ3) is 6.93. The predicted octanol–water partition coefficient (Wildman–Crippen LogP) is 17.0. The largest absolute Gasteiger partial charge is 0.310 e. The highest BCUT2D eigenvalue weighted by Gasteiger charge is 2.21. The first kappa shape index (κ1) is 40.6. The Labute approximate surface area is 389 Å². The highest BCUT2D eigenvalue weighted by molar-refractivity contribution is 6.12. The number of para-hydroxylation sites is 4. The van der Waals surface area contributed by atoms with Crippen molar-refractivity contribution in [2.45, 2.75) is 0 Å². The van der Waals surface area contributed by atoms with Crippen LogP contribution in [0.3, 0.4) is 0 Å². The SMILES string of the molecule is Fc1ccc(N(c2ccc(-c3ccc(N(c4ccc(F)c(F)c4)c4ccc5c(c4)c4ccccc4n5-c4ccccc4)cc3)cc2)c2ccc3c(c2)c2ccccc2n3-c2ccccc2)cc1F. The van der Waals surface area contributed by atoms with Gasteiger partial charge in [0, 0.05) is 79.2 Å². The molecule has 0 spiro atoms. The second-order valence-electron chi connectivity index (χ2n) is 16.7. The summed E-state index contributed by atoms with van der Waals surface area (Å²) in [5.74, 6) is -3.73. The summed E-state index contributed by atoms with van der Waals surface area (Å²) in [5.41, 5.74) is 12.0. The number of fused-ring (bicyclic) bond motifs is 6. The van der Waals surface area contributed by atoms with Crippen molar-refractivity contribution in [2.24, 2.45) is 0 Å². The van der Waals surface area contributed by atoms with Gasteiger partial charge in [-0.3, -0.25) is 0 Å². The molecular formula is C60H38F4N4. The van der Waals surface area contributed by atoms with Crippen molar-refractivity contribution in [3.05, 3.63) is 254 Å². The van der Waals surface area contributed by atoms with E-state index in [2.05, 4.69) is 81.9 Å². The van der Waals surface area contributed by atoms with Crippen molar-refractivity contribution < 1.29 is 17.6 Å². The average molecular weight is 891 g/mol. The molecule has 0 fully saturated rings. The van der Waals surface area contributed by atoms with Crippen LogP contribution in [0.2, 0.25) is 0 Å². The van der Waals surface area contributed by atoms with Gasteiger partial charge >= 0.3 is 0 Å². The van der Waals surface area contributed by atoms with Crippen LogP contribution in [-0.4, -0.2) is 9.13 Å². The Morgan fingerprint density at radius 3 is 0.971 bits per heavy atom. The first-order valence-corrected chi connectivity index (χ1v) is 22.3. The zero-order valence-corrected chi connectivity index (χ0v) is 36.2. The van der Waals surface area contributed by atoms with Gasteiger partial charge in [-0.1, -0.05) is 97.1 Å². The molecule has 0 amide bonds. The van der Waals surface area contributed by atoms with Gasteiger partial charge in [-0.2, -0.15) is 0 Å². The normalized spacial score (nSPS) is 11.5. The average Bonchev–Trinajstić information content (AvgIpc) is 3.90. The standard InChI is InChI=1S/C60H38F4N4/c61-53-31-27-47(37-55(53)63)65(45-29-33-59-51(35-45)49-15-7-9-17-57(49)67(59)41-11-3-1-4-12-41)43-23-19-39(20-24-43)40-21-25-44(26-22-40)66(48-28-32-54(62)56(64)38-48)46-30-34-60-52(36-46)50-16-8-10-18-58(50)68(60)42-13-5-2-6-14-42/h1-38H. The van der Waals surface area contributed by atoms with Crippen LogP contribution in [0.15, 0.2) is 231 Å². The maximum atomic E-state index is 15.0. The minimum absolute atomic E-state index is 0.465. The van der Waals surface area contributed by atoms with Gasteiger partial charge in [0.15, 0.2) is 23.3 Å². The lowest BCUT2D eigenvalue weighted by Gasteiger charge is -2.26. The van der Waals surface area contributed by atoms with Gasteiger partial charge < -0.3 is 18.9 Å². The van der Waals surface area contributed by atoms with E-state index in [9.17, 15) is 8.78 Å². The molecule has 0 unspecified atom stereocenters. The number of rotatable bonds is 9. The molecule has 8 heteroatoms. The number of benzene rings is 10. The molecule has 2 aromatic heterocycles. The molecule has 4 nitrogen and oxygen atoms in total. The third-order valence-corrected chi connectivity index (χ3v) is 12.8. The quantitative estimate of drug-likeness (QED) is 0.134. The van der Waals surface area contributed by atoms with E-state index in [1.165, 1.54) is 12.1 Å². The van der Waals surface area contributed by atoms with Crippen molar-refractivity contribution in [3.8, 4) is 22.5 Å². The van der Waals surface area contributed by atoms with Crippen molar-refractivity contribution in [1.29, 1.82) is 0 Å². The van der Waals surface area contributed by atoms with Crippen molar-refractivity contribution >= 4 is 77.7 Å². The molecule has 12 aromatic rings. The van der Waals surface area contributed by atoms with Crippen molar-refractivity contribution in [1.82, 2.24) is 9.13 Å². The van der Waals surface area contributed by atoms with Gasteiger partial charge in [0.1, 0.15) is 0 Å². The predicted molar refractivity (Wildman–Crippen MR) is 270 cm³/mol. The summed E-state index contributed by atoms with van der Waals surface area (Å²) in [7, 11) is 0. The first-order valence-electron chi connectivity index (χ1n) is 22.3. The number of hydrogen-bond donors (Lipinski definition) is 0. The fourth-order valence-corrected chi connectivity index (χ4v) is 9.66. The maximum absolute atomic E-state index is 15.0. The van der Waals surface area contributed by atoms with Crippen LogP contribution in [0.5, 0.6) is 0 Å². The number of aromatic nitrogens is 2. The highest BCUT2D eigenvalue weighted by Crippen LogP contribution is 2.43. The Hall–Kier alpha value is -8.88. The van der Waals surface area contributed by atoms with Gasteiger partial charge in [0.05, 0.1) is 22.1 Å². The van der Waals surface area contributed by atoms with Gasteiger partial charge in [-0.15, -0.1) is 0 Å². The zero-order chi connectivity index (χ0) is 45.9. The first-order chi connectivity index (χ1) is 33.4. The van der Waals surface area contributed by atoms with Crippen molar-refractivity contribution in [2.75, 3.05) is 9.80 Å². The van der Waals surface area contributed by atoms with Gasteiger partial charge in [0.25, 0.3) is 0 Å². The number of anilines is 6. The highest BCUT2D eigenvalue weighted by atomic mass is 19.2. The van der Waals surface area contributed by atoms with Crippen molar-refractivity contribution in [3.63, 3.8) is 0 Å². The van der Waals surface area contributed by atoms with E-state index < -0.39 is 23.3 Å². The molecule has 0 aliphatic rings. The van der Waals surface area contributed by atoms with Crippen LogP contribution in [0.1, 0.15) is 0 Å². The lowest BCUT2D eigenvalue weighted by atomic mass is 10.0. The maximum Gasteiger partial charge on any atom is 0.160 e. The van der Waals surface area contributed by atoms with Crippen LogP contribution >= 0.6 is 0 Å². The Morgan fingerprint density at radius 1 is 0.250 bits per heavy atom. The molecule has 0 saturated carbocycles. The number of halogens is 4. The van der Waals surface area contributed by atoms with E-state index in [-0.39, 0.29) is 0 Å². The Bertz CT molecular complexity index is 3590. The Kier molecular flexibility index (Phi) is 9.87. The molecule has 0 N–H and O–H groups in total. The molecule has 0 aliphatic heterocycles. The van der Waals surface area contributed by atoms with Crippen LogP contribution in [0, 0.1) is 23.3 Å². The Balaban J connectivity index is 0.923. The minimum Gasteiger partial charge on any atom is -0.310 e. The van der Waals surface area contributed by atoms with Crippen LogP contribution in [-0.2, 0) is 0 Å². The number of hydrogen-bond acceptors (Lipinski definition) is 2. The zero-order valence-electron chi connectivity index (χ0n) is 36.2. The smallest absolute Gasteiger partial charge is 0.160 e. The molecule has 0 atom stereocenters. The molecule has 10 aromatic carbocycles. The molecule has 0 radical (unpaired) electrons. The molecule has 0 aliphatic carbocycles. The molecule has 0 saturated heterocycles.